The molecule has 132 valence electrons. The summed E-state index contributed by atoms with van der Waals surface area (Å²) in [6.45, 7) is 4.24. The van der Waals surface area contributed by atoms with E-state index in [0.717, 1.165) is 12.0 Å². The molecule has 2 heterocycles. The monoisotopic (exact) mass is 335 g/mol. The first-order valence-electron chi connectivity index (χ1n) is 9.57. The molecule has 0 amide bonds. The summed E-state index contributed by atoms with van der Waals surface area (Å²) < 4.78 is 0. The average Bonchev–Trinajstić information content (AvgIpc) is 2.85. The molecule has 0 aromatic heterocycles. The van der Waals surface area contributed by atoms with Gasteiger partial charge in [0, 0.05) is 18.0 Å². The lowest BCUT2D eigenvalue weighted by atomic mass is 9.72. The van der Waals surface area contributed by atoms with Crippen LogP contribution in [-0.2, 0) is 0 Å². The van der Waals surface area contributed by atoms with E-state index in [2.05, 4.69) is 74.3 Å². The van der Waals surface area contributed by atoms with Gasteiger partial charge >= 0.3 is 0 Å². The molecule has 2 aliphatic rings. The van der Waals surface area contributed by atoms with Gasteiger partial charge in [-0.1, -0.05) is 59.7 Å². The third kappa shape index (κ3) is 3.02. The summed E-state index contributed by atoms with van der Waals surface area (Å²) in [7, 11) is 2.25. The van der Waals surface area contributed by atoms with Crippen LogP contribution >= 0.6 is 0 Å². The van der Waals surface area contributed by atoms with E-state index in [9.17, 15) is 5.11 Å². The van der Waals surface area contributed by atoms with Gasteiger partial charge < -0.3 is 10.0 Å². The van der Waals surface area contributed by atoms with E-state index >= 15 is 0 Å². The van der Waals surface area contributed by atoms with Gasteiger partial charge in [-0.2, -0.15) is 0 Å². The summed E-state index contributed by atoms with van der Waals surface area (Å²) in [5.41, 5.74) is 5.00. The Morgan fingerprint density at radius 3 is 2.16 bits per heavy atom. The molecular formula is C23H29NO. The molecule has 0 spiro atoms. The summed E-state index contributed by atoms with van der Waals surface area (Å²) in [4.78, 5) is 2.53. The molecule has 0 unspecified atom stereocenters. The number of aliphatic hydroxyl groups is 1. The molecule has 5 atom stereocenters. The first-order valence-corrected chi connectivity index (χ1v) is 9.57. The second-order valence-electron chi connectivity index (χ2n) is 8.15. The number of nitrogens with zero attached hydrogens (tertiary/aromatic N) is 1. The van der Waals surface area contributed by atoms with Crippen LogP contribution in [0.5, 0.6) is 0 Å². The van der Waals surface area contributed by atoms with Crippen molar-refractivity contribution in [2.45, 2.75) is 57.2 Å². The predicted molar refractivity (Wildman–Crippen MR) is 103 cm³/mol. The van der Waals surface area contributed by atoms with Crippen molar-refractivity contribution in [3.05, 3.63) is 70.8 Å². The number of hydrogen-bond donors (Lipinski definition) is 1. The minimum atomic E-state index is -0.404. The Morgan fingerprint density at radius 1 is 0.920 bits per heavy atom. The van der Waals surface area contributed by atoms with Crippen molar-refractivity contribution in [1.29, 1.82) is 0 Å². The number of aliphatic hydroxyl groups excluding tert-OH is 1. The Bertz CT molecular complexity index is 721. The average molecular weight is 335 g/mol. The zero-order valence-electron chi connectivity index (χ0n) is 15.5. The highest BCUT2D eigenvalue weighted by Gasteiger charge is 2.48. The summed E-state index contributed by atoms with van der Waals surface area (Å²) in [6, 6.07) is 18.6. The Kier molecular flexibility index (Phi) is 4.43. The van der Waals surface area contributed by atoms with Crippen LogP contribution in [0.2, 0.25) is 0 Å². The zero-order valence-corrected chi connectivity index (χ0v) is 15.5. The normalized spacial score (nSPS) is 30.4. The Balaban J connectivity index is 1.71. The smallest absolute Gasteiger partial charge is 0.0839 e. The molecule has 2 fully saturated rings. The molecule has 0 aliphatic carbocycles. The van der Waals surface area contributed by atoms with Gasteiger partial charge in [0.15, 0.2) is 0 Å². The van der Waals surface area contributed by atoms with Gasteiger partial charge in [-0.05, 0) is 57.2 Å². The van der Waals surface area contributed by atoms with Crippen molar-refractivity contribution in [3.63, 3.8) is 0 Å². The third-order valence-electron chi connectivity index (χ3n) is 6.62. The van der Waals surface area contributed by atoms with Crippen LogP contribution in [0.25, 0.3) is 0 Å². The maximum atomic E-state index is 11.3. The largest absolute Gasteiger partial charge is 0.388 e. The first kappa shape index (κ1) is 16.8. The van der Waals surface area contributed by atoms with Gasteiger partial charge in [-0.25, -0.2) is 0 Å². The number of piperidine rings is 1. The zero-order chi connectivity index (χ0) is 17.6. The van der Waals surface area contributed by atoms with Crippen LogP contribution in [0.3, 0.4) is 0 Å². The second-order valence-corrected chi connectivity index (χ2v) is 8.15. The van der Waals surface area contributed by atoms with Gasteiger partial charge in [0.25, 0.3) is 0 Å². The molecule has 0 saturated carbocycles. The number of fused-ring (bicyclic) bond motifs is 2. The topological polar surface area (TPSA) is 23.5 Å². The third-order valence-corrected chi connectivity index (χ3v) is 6.62. The van der Waals surface area contributed by atoms with Crippen molar-refractivity contribution < 1.29 is 5.11 Å². The quantitative estimate of drug-likeness (QED) is 0.886. The van der Waals surface area contributed by atoms with Crippen LogP contribution in [0, 0.1) is 19.8 Å². The summed E-state index contributed by atoms with van der Waals surface area (Å²) in [5.74, 6) is 0.694. The lowest BCUT2D eigenvalue weighted by Gasteiger charge is -2.45. The van der Waals surface area contributed by atoms with Gasteiger partial charge in [-0.15, -0.1) is 0 Å². The maximum Gasteiger partial charge on any atom is 0.0839 e. The molecule has 2 saturated heterocycles. The van der Waals surface area contributed by atoms with Gasteiger partial charge in [0.05, 0.1) is 6.10 Å². The maximum absolute atomic E-state index is 11.3. The lowest BCUT2D eigenvalue weighted by Crippen LogP contribution is -2.47. The Morgan fingerprint density at radius 2 is 1.52 bits per heavy atom. The van der Waals surface area contributed by atoms with Crippen molar-refractivity contribution in [3.8, 4) is 0 Å². The van der Waals surface area contributed by atoms with E-state index < -0.39 is 6.10 Å². The summed E-state index contributed by atoms with van der Waals surface area (Å²) >= 11 is 0. The molecule has 25 heavy (non-hydrogen) atoms. The standard InChI is InChI=1S/C23H29NO/c1-15-4-8-17(9-5-15)20-14-19-12-13-21(24(19)3)22(20)23(25)18-10-6-16(2)7-11-18/h4-11,19-23,25H,12-14H2,1-3H3/t19-,20+,21+,22-,23+/m0/s1. The van der Waals surface area contributed by atoms with Crippen molar-refractivity contribution in [2.75, 3.05) is 7.05 Å². The van der Waals surface area contributed by atoms with Crippen LogP contribution < -0.4 is 0 Å². The van der Waals surface area contributed by atoms with E-state index in [1.54, 1.807) is 0 Å². The lowest BCUT2D eigenvalue weighted by molar-refractivity contribution is 0.00309. The van der Waals surface area contributed by atoms with Crippen molar-refractivity contribution in [1.82, 2.24) is 4.90 Å². The minimum Gasteiger partial charge on any atom is -0.388 e. The molecule has 2 bridgehead atoms. The number of aryl methyl sites for hydroxylation is 2. The molecular weight excluding hydrogens is 306 g/mol. The Hall–Kier alpha value is -1.64. The van der Waals surface area contributed by atoms with E-state index in [-0.39, 0.29) is 5.92 Å². The molecule has 0 radical (unpaired) electrons. The molecule has 2 aromatic rings. The van der Waals surface area contributed by atoms with Crippen molar-refractivity contribution in [2.24, 2.45) is 5.92 Å². The van der Waals surface area contributed by atoms with Crippen LogP contribution in [0.4, 0.5) is 0 Å². The van der Waals surface area contributed by atoms with E-state index in [4.69, 9.17) is 0 Å². The van der Waals surface area contributed by atoms with E-state index in [1.807, 2.05) is 0 Å². The fourth-order valence-electron chi connectivity index (χ4n) is 5.10. The number of hydrogen-bond acceptors (Lipinski definition) is 2. The summed E-state index contributed by atoms with van der Waals surface area (Å²) in [6.07, 6.45) is 3.22. The number of benzene rings is 2. The van der Waals surface area contributed by atoms with Crippen LogP contribution in [0.15, 0.2) is 48.5 Å². The van der Waals surface area contributed by atoms with Gasteiger partial charge in [0.1, 0.15) is 0 Å². The first-order chi connectivity index (χ1) is 12.0. The highest BCUT2D eigenvalue weighted by Crippen LogP contribution is 2.50. The van der Waals surface area contributed by atoms with Crippen LogP contribution in [-0.4, -0.2) is 29.1 Å². The molecule has 2 aromatic carbocycles. The van der Waals surface area contributed by atoms with Crippen LogP contribution in [0.1, 0.15) is 53.5 Å². The number of rotatable bonds is 3. The molecule has 1 N–H and O–H groups in total. The minimum absolute atomic E-state index is 0.258. The highest BCUT2D eigenvalue weighted by molar-refractivity contribution is 5.30. The fourth-order valence-corrected chi connectivity index (χ4v) is 5.10. The van der Waals surface area contributed by atoms with Crippen molar-refractivity contribution >= 4 is 0 Å². The summed E-state index contributed by atoms with van der Waals surface area (Å²) in [5, 5.41) is 11.3. The highest BCUT2D eigenvalue weighted by atomic mass is 16.3. The van der Waals surface area contributed by atoms with E-state index in [1.165, 1.54) is 29.5 Å². The molecule has 4 rings (SSSR count). The van der Waals surface area contributed by atoms with Gasteiger partial charge in [-0.3, -0.25) is 0 Å². The SMILES string of the molecule is Cc1ccc([C@@H](O)[C@H]2[C@@H](c3ccc(C)cc3)C[C@@H]3CC[C@H]2N3C)cc1. The fraction of sp³-hybridized carbons (Fsp3) is 0.478. The molecule has 2 nitrogen and oxygen atoms in total. The van der Waals surface area contributed by atoms with E-state index in [0.29, 0.717) is 18.0 Å². The molecule has 2 heteroatoms. The Labute approximate surface area is 151 Å². The van der Waals surface area contributed by atoms with Gasteiger partial charge in [0.2, 0.25) is 0 Å². The molecule has 2 aliphatic heterocycles. The predicted octanol–water partition coefficient (Wildman–Crippen LogP) is 4.60. The second kappa shape index (κ2) is 6.59.